The van der Waals surface area contributed by atoms with Crippen LogP contribution in [0, 0.1) is 11.2 Å². The Morgan fingerprint density at radius 1 is 1.26 bits per heavy atom. The van der Waals surface area contributed by atoms with Crippen molar-refractivity contribution < 1.29 is 22.7 Å². The van der Waals surface area contributed by atoms with Crippen molar-refractivity contribution in [3.8, 4) is 0 Å². The summed E-state index contributed by atoms with van der Waals surface area (Å²) in [6.07, 6.45) is -3.64. The molecule has 1 atom stereocenters. The summed E-state index contributed by atoms with van der Waals surface area (Å²) < 4.78 is 51.1. The third-order valence-corrected chi connectivity index (χ3v) is 3.90. The molecule has 2 rings (SSSR count). The first-order chi connectivity index (χ1) is 8.78. The minimum absolute atomic E-state index is 0.0579. The van der Waals surface area contributed by atoms with Gasteiger partial charge in [-0.05, 0) is 36.6 Å². The number of hydrogen-bond donors (Lipinski definition) is 2. The molecule has 1 unspecified atom stereocenters. The van der Waals surface area contributed by atoms with Crippen LogP contribution in [0.15, 0.2) is 18.2 Å². The molecule has 0 heterocycles. The van der Waals surface area contributed by atoms with Gasteiger partial charge >= 0.3 is 6.18 Å². The summed E-state index contributed by atoms with van der Waals surface area (Å²) in [6, 6.07) is 2.16. The van der Waals surface area contributed by atoms with E-state index in [1.807, 2.05) is 0 Å². The Morgan fingerprint density at radius 3 is 2.32 bits per heavy atom. The van der Waals surface area contributed by atoms with Crippen LogP contribution in [-0.4, -0.2) is 11.7 Å². The van der Waals surface area contributed by atoms with E-state index < -0.39 is 29.1 Å². The second-order valence-corrected chi connectivity index (χ2v) is 5.09. The maximum Gasteiger partial charge on any atom is 0.416 e. The molecule has 1 aliphatic rings. The molecule has 1 aromatic rings. The van der Waals surface area contributed by atoms with E-state index in [4.69, 9.17) is 5.73 Å². The van der Waals surface area contributed by atoms with E-state index in [2.05, 4.69) is 0 Å². The maximum atomic E-state index is 13.3. The average molecular weight is 277 g/mol. The van der Waals surface area contributed by atoms with E-state index in [9.17, 15) is 22.7 Å². The number of benzene rings is 1. The number of aliphatic hydroxyl groups excluding tert-OH is 1. The highest BCUT2D eigenvalue weighted by Gasteiger charge is 2.43. The number of nitrogens with two attached hydrogens (primary N) is 1. The highest BCUT2D eigenvalue weighted by Crippen LogP contribution is 2.49. The lowest BCUT2D eigenvalue weighted by atomic mass is 9.63. The molecule has 6 heteroatoms. The van der Waals surface area contributed by atoms with Crippen molar-refractivity contribution in [2.45, 2.75) is 31.5 Å². The third-order valence-electron chi connectivity index (χ3n) is 3.90. The molecule has 106 valence electrons. The van der Waals surface area contributed by atoms with Crippen molar-refractivity contribution in [3.05, 3.63) is 35.1 Å². The predicted octanol–water partition coefficient (Wildman–Crippen LogP) is 3.01. The van der Waals surface area contributed by atoms with Gasteiger partial charge in [0.25, 0.3) is 0 Å². The van der Waals surface area contributed by atoms with E-state index in [1.165, 1.54) is 0 Å². The summed E-state index contributed by atoms with van der Waals surface area (Å²) in [7, 11) is 0. The number of aliphatic hydroxyl groups is 1. The van der Waals surface area contributed by atoms with Crippen LogP contribution >= 0.6 is 0 Å². The predicted molar refractivity (Wildman–Crippen MR) is 61.7 cm³/mol. The van der Waals surface area contributed by atoms with E-state index in [0.717, 1.165) is 18.6 Å². The molecule has 0 aromatic heterocycles. The van der Waals surface area contributed by atoms with Gasteiger partial charge in [0, 0.05) is 12.0 Å². The van der Waals surface area contributed by atoms with Crippen LogP contribution in [0.5, 0.6) is 0 Å². The minimum Gasteiger partial charge on any atom is -0.388 e. The van der Waals surface area contributed by atoms with Gasteiger partial charge in [-0.3, -0.25) is 0 Å². The fourth-order valence-corrected chi connectivity index (χ4v) is 2.51. The van der Waals surface area contributed by atoms with E-state index in [1.54, 1.807) is 0 Å². The first-order valence-electron chi connectivity index (χ1n) is 6.04. The molecule has 0 amide bonds. The van der Waals surface area contributed by atoms with Crippen LogP contribution in [-0.2, 0) is 6.18 Å². The largest absolute Gasteiger partial charge is 0.416 e. The van der Waals surface area contributed by atoms with Gasteiger partial charge < -0.3 is 10.8 Å². The van der Waals surface area contributed by atoms with Gasteiger partial charge in [-0.25, -0.2) is 4.39 Å². The molecule has 1 fully saturated rings. The Bertz CT molecular complexity index is 463. The van der Waals surface area contributed by atoms with Crippen LogP contribution in [0.2, 0.25) is 0 Å². The monoisotopic (exact) mass is 277 g/mol. The van der Waals surface area contributed by atoms with Crippen molar-refractivity contribution in [3.63, 3.8) is 0 Å². The van der Waals surface area contributed by atoms with Crippen LogP contribution in [0.1, 0.15) is 36.5 Å². The lowest BCUT2D eigenvalue weighted by Gasteiger charge is -2.45. The van der Waals surface area contributed by atoms with Gasteiger partial charge in [-0.1, -0.05) is 6.42 Å². The number of halogens is 4. The smallest absolute Gasteiger partial charge is 0.388 e. The molecule has 1 saturated carbocycles. The summed E-state index contributed by atoms with van der Waals surface area (Å²) in [5, 5.41) is 10.2. The van der Waals surface area contributed by atoms with E-state index >= 15 is 0 Å². The zero-order valence-corrected chi connectivity index (χ0v) is 10.2. The summed E-state index contributed by atoms with van der Waals surface area (Å²) in [5.74, 6) is -1.00. The molecule has 1 aliphatic carbocycles. The molecule has 0 bridgehead atoms. The van der Waals surface area contributed by atoms with Crippen molar-refractivity contribution in [1.82, 2.24) is 0 Å². The Balaban J connectivity index is 2.37. The normalized spacial score (nSPS) is 19.9. The molecule has 0 saturated heterocycles. The second kappa shape index (κ2) is 4.76. The summed E-state index contributed by atoms with van der Waals surface area (Å²) >= 11 is 0. The lowest BCUT2D eigenvalue weighted by molar-refractivity contribution is -0.138. The molecule has 0 spiro atoms. The second-order valence-electron chi connectivity index (χ2n) is 5.09. The highest BCUT2D eigenvalue weighted by atomic mass is 19.4. The number of hydrogen-bond acceptors (Lipinski definition) is 2. The van der Waals surface area contributed by atoms with Gasteiger partial charge in [-0.2, -0.15) is 13.2 Å². The molecule has 19 heavy (non-hydrogen) atoms. The zero-order valence-electron chi connectivity index (χ0n) is 10.2. The Kier molecular flexibility index (Phi) is 3.57. The van der Waals surface area contributed by atoms with Crippen molar-refractivity contribution in [1.29, 1.82) is 0 Å². The average Bonchev–Trinajstić information content (AvgIpc) is 2.26. The molecule has 1 aromatic carbocycles. The van der Waals surface area contributed by atoms with Gasteiger partial charge in [0.05, 0.1) is 11.7 Å². The highest BCUT2D eigenvalue weighted by molar-refractivity contribution is 5.30. The number of rotatable bonds is 3. The molecule has 0 radical (unpaired) electrons. The Morgan fingerprint density at radius 2 is 1.89 bits per heavy atom. The van der Waals surface area contributed by atoms with Crippen LogP contribution in [0.3, 0.4) is 0 Å². The van der Waals surface area contributed by atoms with Crippen molar-refractivity contribution in [2.24, 2.45) is 11.1 Å². The molecular formula is C13H15F4NO. The third kappa shape index (κ3) is 2.60. The van der Waals surface area contributed by atoms with Crippen molar-refractivity contribution >= 4 is 0 Å². The summed E-state index contributed by atoms with van der Waals surface area (Å²) in [6.45, 7) is 0.173. The first kappa shape index (κ1) is 14.3. The molecule has 2 nitrogen and oxygen atoms in total. The minimum atomic E-state index is -4.63. The standard InChI is InChI=1S/C13H15F4NO/c14-10-5-8(4-9(6-10)13(15,16)17)11(19)12(7-18)2-1-3-12/h4-6,11,19H,1-3,7,18H2. The van der Waals surface area contributed by atoms with Gasteiger partial charge in [0.1, 0.15) is 5.82 Å². The summed E-state index contributed by atoms with van der Waals surface area (Å²) in [4.78, 5) is 0. The Labute approximate surface area is 108 Å². The van der Waals surface area contributed by atoms with Gasteiger partial charge in [0.2, 0.25) is 0 Å². The van der Waals surface area contributed by atoms with E-state index in [0.29, 0.717) is 18.9 Å². The molecule has 3 N–H and O–H groups in total. The molecule has 0 aliphatic heterocycles. The van der Waals surface area contributed by atoms with Gasteiger partial charge in [0.15, 0.2) is 0 Å². The fourth-order valence-electron chi connectivity index (χ4n) is 2.51. The Hall–Kier alpha value is -1.14. The van der Waals surface area contributed by atoms with Gasteiger partial charge in [-0.15, -0.1) is 0 Å². The number of alkyl halides is 3. The van der Waals surface area contributed by atoms with Crippen molar-refractivity contribution in [2.75, 3.05) is 6.54 Å². The fraction of sp³-hybridized carbons (Fsp3) is 0.538. The maximum absolute atomic E-state index is 13.3. The SMILES string of the molecule is NCC1(C(O)c2cc(F)cc(C(F)(F)F)c2)CCC1. The van der Waals surface area contributed by atoms with Crippen LogP contribution in [0.4, 0.5) is 17.6 Å². The molecular weight excluding hydrogens is 262 g/mol. The summed E-state index contributed by atoms with van der Waals surface area (Å²) in [5.41, 5.74) is 3.83. The quantitative estimate of drug-likeness (QED) is 0.834. The zero-order chi connectivity index (χ0) is 14.3. The first-order valence-corrected chi connectivity index (χ1v) is 6.04. The van der Waals surface area contributed by atoms with Crippen LogP contribution < -0.4 is 5.73 Å². The van der Waals surface area contributed by atoms with Crippen LogP contribution in [0.25, 0.3) is 0 Å². The lowest BCUT2D eigenvalue weighted by Crippen LogP contribution is -2.42. The topological polar surface area (TPSA) is 46.2 Å². The van der Waals surface area contributed by atoms with E-state index in [-0.39, 0.29) is 12.1 Å².